The summed E-state index contributed by atoms with van der Waals surface area (Å²) < 4.78 is 32.3. The Kier molecular flexibility index (Phi) is 7.43. The first-order valence-corrected chi connectivity index (χ1v) is 10.6. The zero-order valence-corrected chi connectivity index (χ0v) is 16.7. The Morgan fingerprint density at radius 1 is 1.08 bits per heavy atom. The molecule has 7 nitrogen and oxygen atoms in total. The molecule has 1 aliphatic heterocycles. The molecule has 0 radical (unpaired) electrons. The standard InChI is InChI=1S/C18H29N3O4S/c1-4-19-11-13-20(14-12-19)18(22)15-21(5-2)26(23,24)17-9-7-16(8-10-17)25-6-3/h7-10H,4-6,11-15H2,1-3H3. The molecule has 0 unspecified atom stereocenters. The van der Waals surface area contributed by atoms with Gasteiger partial charge in [-0.3, -0.25) is 4.79 Å². The summed E-state index contributed by atoms with van der Waals surface area (Å²) in [6.07, 6.45) is 0. The van der Waals surface area contributed by atoms with Gasteiger partial charge in [0.1, 0.15) is 5.75 Å². The van der Waals surface area contributed by atoms with E-state index in [1.165, 1.54) is 16.4 Å². The molecule has 1 amide bonds. The van der Waals surface area contributed by atoms with Crippen LogP contribution in [0.4, 0.5) is 0 Å². The highest BCUT2D eigenvalue weighted by atomic mass is 32.2. The first kappa shape index (κ1) is 20.7. The molecule has 0 N–H and O–H groups in total. The average molecular weight is 384 g/mol. The molecule has 1 saturated heterocycles. The van der Waals surface area contributed by atoms with E-state index in [1.807, 2.05) is 6.92 Å². The monoisotopic (exact) mass is 383 g/mol. The van der Waals surface area contributed by atoms with Crippen molar-refractivity contribution in [2.75, 3.05) is 52.4 Å². The number of hydrogen-bond donors (Lipinski definition) is 0. The number of likely N-dealkylation sites (N-methyl/N-ethyl adjacent to an activating group) is 2. The lowest BCUT2D eigenvalue weighted by molar-refractivity contribution is -0.133. The van der Waals surface area contributed by atoms with Crippen LogP contribution in [0.3, 0.4) is 0 Å². The Hall–Kier alpha value is -1.64. The molecule has 0 atom stereocenters. The van der Waals surface area contributed by atoms with Gasteiger partial charge in [-0.1, -0.05) is 13.8 Å². The molecule has 0 aliphatic carbocycles. The van der Waals surface area contributed by atoms with Gasteiger partial charge < -0.3 is 14.5 Å². The van der Waals surface area contributed by atoms with Gasteiger partial charge in [0.2, 0.25) is 15.9 Å². The molecular formula is C18H29N3O4S. The zero-order valence-electron chi connectivity index (χ0n) is 15.8. The Balaban J connectivity index is 2.05. The van der Waals surface area contributed by atoms with Crippen LogP contribution in [-0.4, -0.2) is 80.9 Å². The molecule has 0 saturated carbocycles. The van der Waals surface area contributed by atoms with Gasteiger partial charge in [0.25, 0.3) is 0 Å². The molecule has 1 heterocycles. The van der Waals surface area contributed by atoms with Gasteiger partial charge in [0.05, 0.1) is 18.0 Å². The normalized spacial score (nSPS) is 16.1. The summed E-state index contributed by atoms with van der Waals surface area (Å²) in [6.45, 7) is 10.3. The summed E-state index contributed by atoms with van der Waals surface area (Å²) in [4.78, 5) is 16.8. The number of piperazine rings is 1. The van der Waals surface area contributed by atoms with E-state index in [1.54, 1.807) is 24.0 Å². The molecule has 26 heavy (non-hydrogen) atoms. The molecule has 0 aromatic heterocycles. The summed E-state index contributed by atoms with van der Waals surface area (Å²) >= 11 is 0. The first-order valence-electron chi connectivity index (χ1n) is 9.15. The third-order valence-corrected chi connectivity index (χ3v) is 6.54. The van der Waals surface area contributed by atoms with Crippen LogP contribution < -0.4 is 4.74 Å². The van der Waals surface area contributed by atoms with Crippen LogP contribution in [0.5, 0.6) is 5.75 Å². The van der Waals surface area contributed by atoms with Crippen molar-refractivity contribution in [2.24, 2.45) is 0 Å². The number of benzene rings is 1. The molecule has 146 valence electrons. The van der Waals surface area contributed by atoms with Crippen LogP contribution in [0.25, 0.3) is 0 Å². The zero-order chi connectivity index (χ0) is 19.2. The van der Waals surface area contributed by atoms with Crippen molar-refractivity contribution in [3.05, 3.63) is 24.3 Å². The van der Waals surface area contributed by atoms with Gasteiger partial charge in [-0.25, -0.2) is 8.42 Å². The topological polar surface area (TPSA) is 70.2 Å². The Morgan fingerprint density at radius 2 is 1.69 bits per heavy atom. The largest absolute Gasteiger partial charge is 0.494 e. The lowest BCUT2D eigenvalue weighted by atomic mass is 10.3. The fourth-order valence-corrected chi connectivity index (χ4v) is 4.35. The van der Waals surface area contributed by atoms with E-state index < -0.39 is 10.0 Å². The number of carbonyl (C=O) groups is 1. The minimum absolute atomic E-state index is 0.127. The lowest BCUT2D eigenvalue weighted by Gasteiger charge is -2.35. The van der Waals surface area contributed by atoms with Crippen LogP contribution in [0, 0.1) is 0 Å². The molecule has 1 fully saturated rings. The fourth-order valence-electron chi connectivity index (χ4n) is 2.95. The summed E-state index contributed by atoms with van der Waals surface area (Å²) in [5, 5.41) is 0. The Morgan fingerprint density at radius 3 is 2.19 bits per heavy atom. The quantitative estimate of drug-likeness (QED) is 0.676. The SMILES string of the molecule is CCOc1ccc(S(=O)(=O)N(CC)CC(=O)N2CCN(CC)CC2)cc1. The van der Waals surface area contributed by atoms with E-state index in [0.29, 0.717) is 25.4 Å². The van der Waals surface area contributed by atoms with Gasteiger partial charge in [-0.15, -0.1) is 0 Å². The maximum absolute atomic E-state index is 12.9. The van der Waals surface area contributed by atoms with Gasteiger partial charge in [0, 0.05) is 32.7 Å². The van der Waals surface area contributed by atoms with Crippen molar-refractivity contribution in [2.45, 2.75) is 25.7 Å². The number of nitrogens with zero attached hydrogens (tertiary/aromatic N) is 3. The molecule has 1 aliphatic rings. The Labute approximate surface area is 156 Å². The van der Waals surface area contributed by atoms with Crippen LogP contribution in [0.2, 0.25) is 0 Å². The molecule has 2 rings (SSSR count). The second kappa shape index (κ2) is 9.34. The van der Waals surface area contributed by atoms with E-state index >= 15 is 0 Å². The maximum atomic E-state index is 12.9. The Bertz CT molecular complexity index is 683. The van der Waals surface area contributed by atoms with Crippen molar-refractivity contribution in [3.63, 3.8) is 0 Å². The second-order valence-corrected chi connectivity index (χ2v) is 8.09. The van der Waals surface area contributed by atoms with Crippen molar-refractivity contribution in [1.29, 1.82) is 0 Å². The molecule has 0 spiro atoms. The minimum Gasteiger partial charge on any atom is -0.494 e. The molecule has 1 aromatic carbocycles. The number of carbonyl (C=O) groups excluding carboxylic acids is 1. The highest BCUT2D eigenvalue weighted by molar-refractivity contribution is 7.89. The molecule has 1 aromatic rings. The number of ether oxygens (including phenoxy) is 1. The lowest BCUT2D eigenvalue weighted by Crippen LogP contribution is -2.51. The van der Waals surface area contributed by atoms with Gasteiger partial charge in [-0.05, 0) is 37.7 Å². The molecular weight excluding hydrogens is 354 g/mol. The van der Waals surface area contributed by atoms with Crippen molar-refractivity contribution < 1.29 is 17.9 Å². The summed E-state index contributed by atoms with van der Waals surface area (Å²) in [7, 11) is -3.71. The third-order valence-electron chi connectivity index (χ3n) is 4.61. The van der Waals surface area contributed by atoms with E-state index in [4.69, 9.17) is 4.74 Å². The third kappa shape index (κ3) is 4.96. The fraction of sp³-hybridized carbons (Fsp3) is 0.611. The number of sulfonamides is 1. The second-order valence-electron chi connectivity index (χ2n) is 6.15. The summed E-state index contributed by atoms with van der Waals surface area (Å²) in [5.41, 5.74) is 0. The predicted octanol–water partition coefficient (Wildman–Crippen LogP) is 1.26. The number of rotatable bonds is 8. The van der Waals surface area contributed by atoms with Gasteiger partial charge in [-0.2, -0.15) is 4.31 Å². The van der Waals surface area contributed by atoms with Crippen molar-refractivity contribution >= 4 is 15.9 Å². The van der Waals surface area contributed by atoms with Gasteiger partial charge in [0.15, 0.2) is 0 Å². The van der Waals surface area contributed by atoms with E-state index in [2.05, 4.69) is 11.8 Å². The summed E-state index contributed by atoms with van der Waals surface area (Å²) in [5.74, 6) is 0.483. The number of hydrogen-bond acceptors (Lipinski definition) is 5. The van der Waals surface area contributed by atoms with E-state index in [0.717, 1.165) is 19.6 Å². The predicted molar refractivity (Wildman–Crippen MR) is 101 cm³/mol. The number of amides is 1. The van der Waals surface area contributed by atoms with Gasteiger partial charge >= 0.3 is 0 Å². The van der Waals surface area contributed by atoms with Crippen LogP contribution in [0.1, 0.15) is 20.8 Å². The first-order chi connectivity index (χ1) is 12.4. The van der Waals surface area contributed by atoms with E-state index in [9.17, 15) is 13.2 Å². The summed E-state index contributed by atoms with van der Waals surface area (Å²) in [6, 6.07) is 6.31. The highest BCUT2D eigenvalue weighted by Gasteiger charge is 2.28. The average Bonchev–Trinajstić information content (AvgIpc) is 2.66. The highest BCUT2D eigenvalue weighted by Crippen LogP contribution is 2.20. The minimum atomic E-state index is -3.71. The van der Waals surface area contributed by atoms with Crippen molar-refractivity contribution in [3.8, 4) is 5.75 Å². The maximum Gasteiger partial charge on any atom is 0.243 e. The van der Waals surface area contributed by atoms with Crippen LogP contribution in [0.15, 0.2) is 29.2 Å². The molecule has 0 bridgehead atoms. The van der Waals surface area contributed by atoms with Crippen LogP contribution in [-0.2, 0) is 14.8 Å². The molecule has 8 heteroatoms. The van der Waals surface area contributed by atoms with Crippen LogP contribution >= 0.6 is 0 Å². The van der Waals surface area contributed by atoms with Crippen molar-refractivity contribution in [1.82, 2.24) is 14.1 Å². The smallest absolute Gasteiger partial charge is 0.243 e. The van der Waals surface area contributed by atoms with E-state index in [-0.39, 0.29) is 23.9 Å².